The minimum Gasteiger partial charge on any atom is -0.480 e. The smallest absolute Gasteiger partial charge is 0.326 e. The molecule has 6 heteroatoms. The molecule has 1 aliphatic heterocycles. The summed E-state index contributed by atoms with van der Waals surface area (Å²) < 4.78 is 0. The Balaban J connectivity index is 2.79. The third-order valence-corrected chi connectivity index (χ3v) is 3.26. The number of likely N-dealkylation sites (N-methyl/N-ethyl adjacent to an activating group) is 1. The fourth-order valence-electron chi connectivity index (χ4n) is 2.38. The number of aliphatic hydroxyl groups is 1. The summed E-state index contributed by atoms with van der Waals surface area (Å²) in [4.78, 5) is 26.5. The molecule has 1 aliphatic rings. The molecule has 0 spiro atoms. The van der Waals surface area contributed by atoms with Gasteiger partial charge in [-0.05, 0) is 40.0 Å². The van der Waals surface area contributed by atoms with Crippen LogP contribution in [0.15, 0.2) is 0 Å². The van der Waals surface area contributed by atoms with Gasteiger partial charge >= 0.3 is 12.0 Å². The van der Waals surface area contributed by atoms with E-state index in [4.69, 9.17) is 0 Å². The summed E-state index contributed by atoms with van der Waals surface area (Å²) in [7, 11) is 0. The largest absolute Gasteiger partial charge is 0.480 e. The molecule has 0 saturated carbocycles. The molecule has 1 rings (SSSR count). The lowest BCUT2D eigenvalue weighted by Gasteiger charge is -2.38. The lowest BCUT2D eigenvalue weighted by molar-refractivity contribution is -0.143. The number of carbonyl (C=O) groups excluding carboxylic acids is 1. The van der Waals surface area contributed by atoms with Crippen LogP contribution in [0.1, 0.15) is 40.0 Å². The summed E-state index contributed by atoms with van der Waals surface area (Å²) in [5.41, 5.74) is -0.986. The average molecular weight is 272 g/mol. The number of carboxylic acids is 1. The molecule has 1 saturated heterocycles. The van der Waals surface area contributed by atoms with Crippen molar-refractivity contribution in [1.29, 1.82) is 0 Å². The SMILES string of the molecule is CCN(CC(C)(C)O)C(=O)N1CCCCC1C(=O)O. The standard InChI is InChI=1S/C13H24N2O4/c1-4-14(9-13(2,3)19)12(18)15-8-6-5-7-10(15)11(16)17/h10,19H,4-9H2,1-3H3,(H,16,17). The average Bonchev–Trinajstić information content (AvgIpc) is 2.34. The molecule has 6 nitrogen and oxygen atoms in total. The van der Waals surface area contributed by atoms with Crippen LogP contribution in [-0.2, 0) is 4.79 Å². The van der Waals surface area contributed by atoms with Crippen LogP contribution < -0.4 is 0 Å². The summed E-state index contributed by atoms with van der Waals surface area (Å²) in [5, 5.41) is 19.0. The summed E-state index contributed by atoms with van der Waals surface area (Å²) in [6.45, 7) is 6.21. The zero-order chi connectivity index (χ0) is 14.6. The molecular formula is C13H24N2O4. The van der Waals surface area contributed by atoms with E-state index in [0.29, 0.717) is 19.5 Å². The van der Waals surface area contributed by atoms with Gasteiger partial charge in [-0.25, -0.2) is 9.59 Å². The molecule has 1 heterocycles. The Kier molecular flexibility index (Phi) is 5.17. The lowest BCUT2D eigenvalue weighted by Crippen LogP contribution is -2.55. The molecule has 1 unspecified atom stereocenters. The van der Waals surface area contributed by atoms with E-state index in [1.54, 1.807) is 13.8 Å². The number of piperidine rings is 1. The molecule has 0 aromatic rings. The van der Waals surface area contributed by atoms with E-state index in [9.17, 15) is 19.8 Å². The topological polar surface area (TPSA) is 81.1 Å². The van der Waals surface area contributed by atoms with Crippen molar-refractivity contribution in [3.63, 3.8) is 0 Å². The molecule has 19 heavy (non-hydrogen) atoms. The van der Waals surface area contributed by atoms with Crippen molar-refractivity contribution >= 4 is 12.0 Å². The number of carbonyl (C=O) groups is 2. The number of aliphatic carboxylic acids is 1. The fourth-order valence-corrected chi connectivity index (χ4v) is 2.38. The Morgan fingerprint density at radius 2 is 2.00 bits per heavy atom. The zero-order valence-electron chi connectivity index (χ0n) is 11.9. The highest BCUT2D eigenvalue weighted by atomic mass is 16.4. The minimum absolute atomic E-state index is 0.200. The van der Waals surface area contributed by atoms with Crippen molar-refractivity contribution in [1.82, 2.24) is 9.80 Å². The normalized spacial score (nSPS) is 20.2. The van der Waals surface area contributed by atoms with E-state index in [0.717, 1.165) is 12.8 Å². The maximum Gasteiger partial charge on any atom is 0.326 e. The van der Waals surface area contributed by atoms with Gasteiger partial charge in [0.15, 0.2) is 0 Å². The highest BCUT2D eigenvalue weighted by Gasteiger charge is 2.35. The van der Waals surface area contributed by atoms with Gasteiger partial charge in [-0.3, -0.25) is 0 Å². The molecule has 110 valence electrons. The first kappa shape index (κ1) is 15.8. The molecule has 1 fully saturated rings. The van der Waals surface area contributed by atoms with Crippen molar-refractivity contribution in [2.75, 3.05) is 19.6 Å². The molecule has 0 radical (unpaired) electrons. The first-order valence-corrected chi connectivity index (χ1v) is 6.77. The van der Waals surface area contributed by atoms with Crippen LogP contribution in [0, 0.1) is 0 Å². The van der Waals surface area contributed by atoms with E-state index < -0.39 is 17.6 Å². The molecule has 0 aromatic carbocycles. The minimum atomic E-state index is -0.986. The van der Waals surface area contributed by atoms with E-state index in [1.807, 2.05) is 6.92 Å². The van der Waals surface area contributed by atoms with Gasteiger partial charge in [-0.2, -0.15) is 0 Å². The molecule has 2 amide bonds. The van der Waals surface area contributed by atoms with Crippen LogP contribution >= 0.6 is 0 Å². The number of rotatable bonds is 4. The van der Waals surface area contributed by atoms with Gasteiger partial charge in [-0.1, -0.05) is 0 Å². The van der Waals surface area contributed by atoms with Crippen molar-refractivity contribution in [2.24, 2.45) is 0 Å². The Hall–Kier alpha value is -1.30. The summed E-state index contributed by atoms with van der Waals surface area (Å²) in [5.74, 6) is -0.952. The third-order valence-electron chi connectivity index (χ3n) is 3.26. The molecule has 2 N–H and O–H groups in total. The van der Waals surface area contributed by atoms with E-state index >= 15 is 0 Å². The number of carboxylic acid groups (broad SMARTS) is 1. The quantitative estimate of drug-likeness (QED) is 0.804. The van der Waals surface area contributed by atoms with Gasteiger partial charge in [-0.15, -0.1) is 0 Å². The first-order chi connectivity index (χ1) is 8.76. The molecule has 0 bridgehead atoms. The highest BCUT2D eigenvalue weighted by molar-refractivity contribution is 5.83. The number of likely N-dealkylation sites (tertiary alicyclic amines) is 1. The maximum atomic E-state index is 12.4. The molecule has 1 atom stereocenters. The van der Waals surface area contributed by atoms with Crippen molar-refractivity contribution in [2.45, 2.75) is 51.7 Å². The molecule has 0 aliphatic carbocycles. The van der Waals surface area contributed by atoms with Crippen molar-refractivity contribution in [3.8, 4) is 0 Å². The van der Waals surface area contributed by atoms with E-state index in [1.165, 1.54) is 9.80 Å². The summed E-state index contributed by atoms with van der Waals surface area (Å²) in [6, 6.07) is -1.03. The van der Waals surface area contributed by atoms with Gasteiger partial charge in [0, 0.05) is 13.1 Å². The van der Waals surface area contributed by atoms with Crippen LogP contribution in [0.2, 0.25) is 0 Å². The second kappa shape index (κ2) is 6.23. The second-order valence-corrected chi connectivity index (χ2v) is 5.65. The molecule has 0 aromatic heterocycles. The van der Waals surface area contributed by atoms with E-state index in [2.05, 4.69) is 0 Å². The lowest BCUT2D eigenvalue weighted by atomic mass is 10.0. The maximum absolute atomic E-state index is 12.4. The monoisotopic (exact) mass is 272 g/mol. The Morgan fingerprint density at radius 1 is 1.37 bits per heavy atom. The predicted octanol–water partition coefficient (Wildman–Crippen LogP) is 1.14. The van der Waals surface area contributed by atoms with Crippen LogP contribution in [0.25, 0.3) is 0 Å². The number of urea groups is 1. The number of amides is 2. The fraction of sp³-hybridized carbons (Fsp3) is 0.846. The number of hydrogen-bond donors (Lipinski definition) is 2. The van der Waals surface area contributed by atoms with Crippen LogP contribution in [0.3, 0.4) is 0 Å². The van der Waals surface area contributed by atoms with Crippen LogP contribution in [-0.4, -0.2) is 63.3 Å². The predicted molar refractivity (Wildman–Crippen MR) is 70.9 cm³/mol. The van der Waals surface area contributed by atoms with Crippen LogP contribution in [0.5, 0.6) is 0 Å². The third kappa shape index (κ3) is 4.38. The van der Waals surface area contributed by atoms with Crippen molar-refractivity contribution in [3.05, 3.63) is 0 Å². The number of hydrogen-bond acceptors (Lipinski definition) is 3. The van der Waals surface area contributed by atoms with Crippen LogP contribution in [0.4, 0.5) is 4.79 Å². The first-order valence-electron chi connectivity index (χ1n) is 6.77. The van der Waals surface area contributed by atoms with Gasteiger partial charge in [0.1, 0.15) is 6.04 Å². The van der Waals surface area contributed by atoms with E-state index in [-0.39, 0.29) is 12.6 Å². The Bertz CT molecular complexity index is 338. The van der Waals surface area contributed by atoms with Crippen molar-refractivity contribution < 1.29 is 19.8 Å². The number of nitrogens with zero attached hydrogens (tertiary/aromatic N) is 2. The molecular weight excluding hydrogens is 248 g/mol. The second-order valence-electron chi connectivity index (χ2n) is 5.65. The highest BCUT2D eigenvalue weighted by Crippen LogP contribution is 2.19. The van der Waals surface area contributed by atoms with Gasteiger partial charge in [0.25, 0.3) is 0 Å². The summed E-state index contributed by atoms with van der Waals surface area (Å²) >= 11 is 0. The van der Waals surface area contributed by atoms with Gasteiger partial charge in [0.2, 0.25) is 0 Å². The zero-order valence-corrected chi connectivity index (χ0v) is 11.9. The Labute approximate surface area is 114 Å². The summed E-state index contributed by atoms with van der Waals surface area (Å²) in [6.07, 6.45) is 2.16. The van der Waals surface area contributed by atoms with Gasteiger partial charge < -0.3 is 20.0 Å². The van der Waals surface area contributed by atoms with Gasteiger partial charge in [0.05, 0.1) is 12.1 Å². The Morgan fingerprint density at radius 3 is 2.47 bits per heavy atom.